The number of fused-ring (bicyclic) bond motifs is 2. The van der Waals surface area contributed by atoms with E-state index in [1.54, 1.807) is 5.57 Å². The Bertz CT molecular complexity index is 1240. The average Bonchev–Trinajstić information content (AvgIpc) is 4.04. The van der Waals surface area contributed by atoms with E-state index in [-0.39, 0.29) is 7.43 Å². The molecule has 386 valence electrons. The number of hydrogen-bond acceptors (Lipinski definition) is 9. The van der Waals surface area contributed by atoms with Crippen molar-refractivity contribution in [1.29, 1.82) is 0 Å². The molecule has 9 heteroatoms. The summed E-state index contributed by atoms with van der Waals surface area (Å²) in [5, 5.41) is 0. The summed E-state index contributed by atoms with van der Waals surface area (Å²) < 4.78 is 0. The summed E-state index contributed by atoms with van der Waals surface area (Å²) in [5.41, 5.74) is 1.61. The van der Waals surface area contributed by atoms with E-state index >= 15 is 0 Å². The monoisotopic (exact) mass is 916 g/mol. The van der Waals surface area contributed by atoms with Crippen LogP contribution in [0.2, 0.25) is 0 Å². The molecule has 0 radical (unpaired) electrons. The van der Waals surface area contributed by atoms with Crippen LogP contribution in [0.5, 0.6) is 0 Å². The summed E-state index contributed by atoms with van der Waals surface area (Å²) in [5.74, 6) is 6.35. The van der Waals surface area contributed by atoms with Crippen LogP contribution < -0.4 is 0 Å². The van der Waals surface area contributed by atoms with Crippen molar-refractivity contribution in [1.82, 2.24) is 44.1 Å². The van der Waals surface area contributed by atoms with Gasteiger partial charge in [-0.3, -0.25) is 14.7 Å². The molecular weight excluding hydrogens is 799 g/mol. The minimum Gasteiger partial charge on any atom is -0.306 e. The third kappa shape index (κ3) is 21.5. The number of piperidine rings is 2. The third-order valence-electron chi connectivity index (χ3n) is 16.6. The number of rotatable bonds is 6. The van der Waals surface area contributed by atoms with Crippen molar-refractivity contribution in [2.45, 2.75) is 166 Å². The normalized spacial score (nSPS) is 30.1. The Labute approximate surface area is 408 Å². The predicted molar refractivity (Wildman–Crippen MR) is 289 cm³/mol. The fourth-order valence-electron chi connectivity index (χ4n) is 11.7. The highest BCUT2D eigenvalue weighted by molar-refractivity contribution is 5.09. The Kier molecular flexibility index (Phi) is 28.7. The van der Waals surface area contributed by atoms with Gasteiger partial charge in [0.1, 0.15) is 0 Å². The molecule has 6 atom stereocenters. The molecule has 0 saturated carbocycles. The van der Waals surface area contributed by atoms with E-state index in [9.17, 15) is 0 Å². The van der Waals surface area contributed by atoms with Gasteiger partial charge < -0.3 is 29.4 Å². The molecule has 0 spiro atoms. The maximum Gasteiger partial charge on any atom is 0.0266 e. The first-order valence-corrected chi connectivity index (χ1v) is 27.2. The summed E-state index contributed by atoms with van der Waals surface area (Å²) in [6, 6.07) is 3.94. The van der Waals surface area contributed by atoms with Crippen LogP contribution in [0, 0.1) is 41.4 Å². The Morgan fingerprint density at radius 1 is 0.431 bits per heavy atom. The Morgan fingerprint density at radius 2 is 1.00 bits per heavy atom. The van der Waals surface area contributed by atoms with E-state index in [4.69, 9.17) is 0 Å². The first-order valence-electron chi connectivity index (χ1n) is 27.2. The lowest BCUT2D eigenvalue weighted by atomic mass is 9.88. The van der Waals surface area contributed by atoms with Gasteiger partial charge in [0.25, 0.3) is 0 Å². The van der Waals surface area contributed by atoms with Gasteiger partial charge in [-0.2, -0.15) is 0 Å². The second-order valence-electron chi connectivity index (χ2n) is 24.0. The second-order valence-corrected chi connectivity index (χ2v) is 24.0. The van der Waals surface area contributed by atoms with Crippen LogP contribution in [0.15, 0.2) is 11.6 Å². The zero-order valence-electron chi connectivity index (χ0n) is 46.3. The highest BCUT2D eigenvalue weighted by Crippen LogP contribution is 2.32. The molecular formula is C56H117N9. The van der Waals surface area contributed by atoms with Crippen LogP contribution in [0.25, 0.3) is 0 Å². The van der Waals surface area contributed by atoms with Crippen LogP contribution >= 0.6 is 0 Å². The van der Waals surface area contributed by atoms with Gasteiger partial charge in [-0.05, 0) is 196 Å². The Hall–Kier alpha value is -0.620. The molecule has 65 heavy (non-hydrogen) atoms. The van der Waals surface area contributed by atoms with Gasteiger partial charge in [-0.25, -0.2) is 0 Å². The summed E-state index contributed by atoms with van der Waals surface area (Å²) in [7, 11) is 13.4. The Balaban J connectivity index is 0.000000269. The van der Waals surface area contributed by atoms with Crippen molar-refractivity contribution in [3.8, 4) is 0 Å². The van der Waals surface area contributed by atoms with E-state index in [0.29, 0.717) is 0 Å². The van der Waals surface area contributed by atoms with E-state index < -0.39 is 0 Å². The van der Waals surface area contributed by atoms with Gasteiger partial charge in [0.2, 0.25) is 0 Å². The molecule has 0 aromatic rings. The SMILES string of the molecule is C.CC(C)C1=CCCN(C)C1.CC(C)C1CCCN(C)C1.CC(C)C1CCN(C)C1.CC(C)N1CC2CCCN(C)C2C1.CC(C)N1CCC2CN(C)CC21.CC(C)N1CCN(C)CC1. The summed E-state index contributed by atoms with van der Waals surface area (Å²) in [6.07, 6.45) is 12.2. The van der Waals surface area contributed by atoms with Crippen LogP contribution in [0.1, 0.15) is 135 Å². The van der Waals surface area contributed by atoms with Crippen LogP contribution in [0.3, 0.4) is 0 Å². The first kappa shape index (κ1) is 60.5. The van der Waals surface area contributed by atoms with E-state index in [1.165, 1.54) is 150 Å². The van der Waals surface area contributed by atoms with E-state index in [1.807, 2.05) is 0 Å². The predicted octanol–water partition coefficient (Wildman–Crippen LogP) is 9.21. The van der Waals surface area contributed by atoms with Crippen molar-refractivity contribution < 1.29 is 0 Å². The van der Waals surface area contributed by atoms with Gasteiger partial charge >= 0.3 is 0 Å². The molecule has 0 amide bonds. The minimum atomic E-state index is 0. The maximum absolute atomic E-state index is 2.67. The van der Waals surface area contributed by atoms with Gasteiger partial charge in [-0.15, -0.1) is 0 Å². The lowest BCUT2D eigenvalue weighted by molar-refractivity contribution is 0.126. The average molecular weight is 917 g/mol. The first-order chi connectivity index (χ1) is 30.2. The van der Waals surface area contributed by atoms with Crippen LogP contribution in [-0.2, 0) is 0 Å². The fourth-order valence-corrected chi connectivity index (χ4v) is 11.7. The molecule has 7 saturated heterocycles. The molecule has 8 aliphatic rings. The molecule has 0 aromatic carbocycles. The Morgan fingerprint density at radius 3 is 1.46 bits per heavy atom. The largest absolute Gasteiger partial charge is 0.306 e. The van der Waals surface area contributed by atoms with Crippen molar-refractivity contribution in [3.63, 3.8) is 0 Å². The van der Waals surface area contributed by atoms with Gasteiger partial charge in [-0.1, -0.05) is 60.6 Å². The molecule has 6 unspecified atom stereocenters. The van der Waals surface area contributed by atoms with E-state index in [0.717, 1.165) is 71.6 Å². The molecule has 0 N–H and O–H groups in total. The fraction of sp³-hybridized carbons (Fsp3) is 0.964. The van der Waals surface area contributed by atoms with Gasteiger partial charge in [0, 0.05) is 109 Å². The summed E-state index contributed by atoms with van der Waals surface area (Å²) >= 11 is 0. The summed E-state index contributed by atoms with van der Waals surface area (Å²) in [6.45, 7) is 48.2. The van der Waals surface area contributed by atoms with Crippen molar-refractivity contribution in [2.24, 2.45) is 41.4 Å². The highest BCUT2D eigenvalue weighted by Gasteiger charge is 2.41. The maximum atomic E-state index is 2.67. The zero-order valence-corrected chi connectivity index (χ0v) is 46.3. The van der Waals surface area contributed by atoms with Crippen LogP contribution in [0.4, 0.5) is 0 Å². The van der Waals surface area contributed by atoms with Gasteiger partial charge in [0.15, 0.2) is 0 Å². The molecule has 8 rings (SSSR count). The molecule has 0 aliphatic carbocycles. The van der Waals surface area contributed by atoms with Gasteiger partial charge in [0.05, 0.1) is 0 Å². The smallest absolute Gasteiger partial charge is 0.0266 e. The summed E-state index contributed by atoms with van der Waals surface area (Å²) in [4.78, 5) is 22.5. The molecule has 0 aromatic heterocycles. The zero-order chi connectivity index (χ0) is 47.7. The number of piperazine rings is 1. The van der Waals surface area contributed by atoms with Crippen LogP contribution in [-0.4, -0.2) is 221 Å². The van der Waals surface area contributed by atoms with Crippen molar-refractivity contribution in [3.05, 3.63) is 11.6 Å². The molecule has 8 aliphatic heterocycles. The number of hydrogen-bond donors (Lipinski definition) is 0. The van der Waals surface area contributed by atoms with E-state index in [2.05, 4.69) is 176 Å². The molecule has 8 heterocycles. The molecule has 9 nitrogen and oxygen atoms in total. The minimum absolute atomic E-state index is 0. The lowest BCUT2D eigenvalue weighted by Crippen LogP contribution is -2.47. The standard InChI is InChI=1S/C11H22N2.C10H20N2.C9H19N.C9H17N.C8H18N2.C8H17N.CH4/c1-9(2)13-7-10-5-4-6-12(3)11(10)8-13;1-8(2)12-5-4-9-6-11(3)7-10(9)12;2*1-8(2)9-5-4-6-10(3)7-9;1-8(2)10-6-4-9(3)5-7-10;1-7(2)8-4-5-9(3)6-8;/h9-11H,4-8H2,1-3H3;8-10H,4-7H2,1-3H3;8-9H,4-7H2,1-3H3;5,8H,4,6-7H2,1-3H3;8H,4-7H2,1-3H3;7-8H,4-6H2,1-3H3;1H4. The topological polar surface area (TPSA) is 29.2 Å². The molecule has 0 bridgehead atoms. The quantitative estimate of drug-likeness (QED) is 0.242. The van der Waals surface area contributed by atoms with Crippen molar-refractivity contribution >= 4 is 0 Å². The lowest BCUT2D eigenvalue weighted by Gasteiger charge is -2.34. The van der Waals surface area contributed by atoms with Crippen molar-refractivity contribution in [2.75, 3.05) is 147 Å². The third-order valence-corrected chi connectivity index (χ3v) is 16.6. The molecule has 7 fully saturated rings. The highest BCUT2D eigenvalue weighted by atomic mass is 15.3. The second kappa shape index (κ2) is 30.9. The number of likely N-dealkylation sites (tertiary alicyclic amines) is 6. The number of likely N-dealkylation sites (N-methyl/N-ethyl adjacent to an activating group) is 4. The number of nitrogens with zero attached hydrogens (tertiary/aromatic N) is 9.